The molecule has 0 aliphatic heterocycles. The van der Waals surface area contributed by atoms with Crippen molar-refractivity contribution < 1.29 is 13.2 Å². The molecule has 0 amide bonds. The first-order valence-corrected chi connectivity index (χ1v) is 9.99. The molecule has 126 valence electrons. The first-order valence-electron chi connectivity index (χ1n) is 6.90. The van der Waals surface area contributed by atoms with Crippen LogP contribution in [0.15, 0.2) is 56.8 Å². The van der Waals surface area contributed by atoms with Gasteiger partial charge in [0.05, 0.1) is 29.3 Å². The lowest BCUT2D eigenvalue weighted by Crippen LogP contribution is -2.10. The number of hydrogen-bond acceptors (Lipinski definition) is 5. The Morgan fingerprint density at radius 3 is 2.88 bits per heavy atom. The molecule has 0 fully saturated rings. The number of halogens is 1. The van der Waals surface area contributed by atoms with Crippen LogP contribution in [0.4, 0.5) is 5.69 Å². The van der Waals surface area contributed by atoms with E-state index in [0.717, 1.165) is 26.4 Å². The molecule has 0 unspecified atom stereocenters. The van der Waals surface area contributed by atoms with Crippen molar-refractivity contribution in [3.63, 3.8) is 0 Å². The van der Waals surface area contributed by atoms with Crippen LogP contribution in [-0.4, -0.2) is 25.3 Å². The van der Waals surface area contributed by atoms with Crippen molar-refractivity contribution in [2.24, 2.45) is 0 Å². The first-order chi connectivity index (χ1) is 11.5. The predicted octanol–water partition coefficient (Wildman–Crippen LogP) is 3.56. The van der Waals surface area contributed by atoms with Crippen molar-refractivity contribution in [2.45, 2.75) is 10.8 Å². The van der Waals surface area contributed by atoms with E-state index in [1.165, 1.54) is 6.20 Å². The summed E-state index contributed by atoms with van der Waals surface area (Å²) in [4.78, 5) is 0. The van der Waals surface area contributed by atoms with Gasteiger partial charge in [0.15, 0.2) is 0 Å². The number of benzene rings is 1. The van der Waals surface area contributed by atoms with Gasteiger partial charge in [0.1, 0.15) is 9.96 Å². The van der Waals surface area contributed by atoms with E-state index in [1.807, 2.05) is 24.3 Å². The van der Waals surface area contributed by atoms with Crippen molar-refractivity contribution in [1.82, 2.24) is 9.78 Å². The molecule has 2 aromatic heterocycles. The maximum absolute atomic E-state index is 12.3. The average Bonchev–Trinajstić information content (AvgIpc) is 3.16. The molecule has 6 nitrogen and oxygen atoms in total. The summed E-state index contributed by atoms with van der Waals surface area (Å²) >= 11 is 4.42. The minimum Gasteiger partial charge on any atom is -0.497 e. The Morgan fingerprint density at radius 2 is 2.17 bits per heavy atom. The molecule has 0 saturated heterocycles. The van der Waals surface area contributed by atoms with Crippen LogP contribution in [0.2, 0.25) is 0 Å². The van der Waals surface area contributed by atoms with E-state index in [1.54, 1.807) is 30.1 Å². The molecule has 0 saturated carbocycles. The highest BCUT2D eigenvalue weighted by Gasteiger charge is 2.17. The molecule has 1 aromatic carbocycles. The third-order valence-corrected chi connectivity index (χ3v) is 6.67. The van der Waals surface area contributed by atoms with Gasteiger partial charge in [-0.15, -0.1) is 11.3 Å². The normalized spacial score (nSPS) is 11.4. The monoisotopic (exact) mass is 427 g/mol. The van der Waals surface area contributed by atoms with Gasteiger partial charge in [-0.05, 0) is 45.8 Å². The van der Waals surface area contributed by atoms with Crippen LogP contribution < -0.4 is 9.46 Å². The minimum absolute atomic E-state index is 0.245. The first kappa shape index (κ1) is 17.0. The molecule has 0 aliphatic rings. The summed E-state index contributed by atoms with van der Waals surface area (Å²) in [6.07, 6.45) is 3.14. The molecule has 0 bridgehead atoms. The number of ether oxygens (including phenoxy) is 1. The van der Waals surface area contributed by atoms with Crippen LogP contribution in [0, 0.1) is 0 Å². The Kier molecular flexibility index (Phi) is 4.93. The number of rotatable bonds is 6. The Hall–Kier alpha value is -1.84. The average molecular weight is 428 g/mol. The standard InChI is InChI=1S/C15H14BrN3O3S2/c1-22-13-4-2-3-11(7-13)9-19-10-12(8-17-19)18-24(20,21)15-6-5-14(16)23-15/h2-8,10,18H,9H2,1H3. The summed E-state index contributed by atoms with van der Waals surface area (Å²) in [6, 6.07) is 10.9. The zero-order valence-corrected chi connectivity index (χ0v) is 15.9. The highest BCUT2D eigenvalue weighted by Crippen LogP contribution is 2.27. The van der Waals surface area contributed by atoms with E-state index in [4.69, 9.17) is 4.74 Å². The molecule has 0 radical (unpaired) electrons. The largest absolute Gasteiger partial charge is 0.497 e. The maximum atomic E-state index is 12.3. The third-order valence-electron chi connectivity index (χ3n) is 3.18. The smallest absolute Gasteiger partial charge is 0.271 e. The van der Waals surface area contributed by atoms with Crippen molar-refractivity contribution >= 4 is 43.0 Å². The fraction of sp³-hybridized carbons (Fsp3) is 0.133. The Morgan fingerprint density at radius 1 is 1.33 bits per heavy atom. The summed E-state index contributed by atoms with van der Waals surface area (Å²) in [5.41, 5.74) is 1.43. The maximum Gasteiger partial charge on any atom is 0.271 e. The Balaban J connectivity index is 1.73. The number of nitrogens with one attached hydrogen (secondary N) is 1. The van der Waals surface area contributed by atoms with Gasteiger partial charge < -0.3 is 4.74 Å². The number of anilines is 1. The van der Waals surface area contributed by atoms with Gasteiger partial charge in [-0.25, -0.2) is 8.42 Å². The van der Waals surface area contributed by atoms with E-state index < -0.39 is 10.0 Å². The van der Waals surface area contributed by atoms with Crippen LogP contribution in [0.1, 0.15) is 5.56 Å². The molecule has 24 heavy (non-hydrogen) atoms. The zero-order chi connectivity index (χ0) is 17.2. The SMILES string of the molecule is COc1cccc(Cn2cc(NS(=O)(=O)c3ccc(Br)s3)cn2)c1. The van der Waals surface area contributed by atoms with E-state index in [2.05, 4.69) is 25.8 Å². The minimum atomic E-state index is -3.60. The van der Waals surface area contributed by atoms with E-state index in [-0.39, 0.29) is 4.21 Å². The van der Waals surface area contributed by atoms with Crippen LogP contribution in [0.3, 0.4) is 0 Å². The lowest BCUT2D eigenvalue weighted by atomic mass is 10.2. The number of nitrogens with zero attached hydrogens (tertiary/aromatic N) is 2. The topological polar surface area (TPSA) is 73.2 Å². The molecule has 0 spiro atoms. The van der Waals surface area contributed by atoms with Crippen molar-refractivity contribution in [1.29, 1.82) is 0 Å². The van der Waals surface area contributed by atoms with Gasteiger partial charge in [-0.2, -0.15) is 5.10 Å². The van der Waals surface area contributed by atoms with Gasteiger partial charge >= 0.3 is 0 Å². The summed E-state index contributed by atoms with van der Waals surface area (Å²) < 4.78 is 35.0. The predicted molar refractivity (Wildman–Crippen MR) is 97.2 cm³/mol. The Bertz CT molecular complexity index is 950. The summed E-state index contributed by atoms with van der Waals surface area (Å²) in [6.45, 7) is 0.517. The second kappa shape index (κ2) is 6.96. The molecular weight excluding hydrogens is 414 g/mol. The fourth-order valence-corrected chi connectivity index (χ4v) is 5.15. The summed E-state index contributed by atoms with van der Waals surface area (Å²) in [5.74, 6) is 0.767. The number of aromatic nitrogens is 2. The number of methoxy groups -OCH3 is 1. The van der Waals surface area contributed by atoms with Gasteiger partial charge in [0, 0.05) is 6.20 Å². The number of sulfonamides is 1. The lowest BCUT2D eigenvalue weighted by Gasteiger charge is -2.05. The van der Waals surface area contributed by atoms with Crippen molar-refractivity contribution in [3.8, 4) is 5.75 Å². The van der Waals surface area contributed by atoms with Gasteiger partial charge in [0.2, 0.25) is 0 Å². The van der Waals surface area contributed by atoms with Crippen LogP contribution in [0.5, 0.6) is 5.75 Å². The zero-order valence-electron chi connectivity index (χ0n) is 12.6. The Labute approximate surface area is 152 Å². The molecular formula is C15H14BrN3O3S2. The molecule has 0 atom stereocenters. The summed E-state index contributed by atoms with van der Waals surface area (Å²) in [5, 5.41) is 4.19. The molecule has 0 aliphatic carbocycles. The van der Waals surface area contributed by atoms with Gasteiger partial charge in [-0.3, -0.25) is 9.40 Å². The van der Waals surface area contributed by atoms with Crippen LogP contribution >= 0.6 is 27.3 Å². The van der Waals surface area contributed by atoms with Crippen LogP contribution in [0.25, 0.3) is 0 Å². The van der Waals surface area contributed by atoms with Gasteiger partial charge in [-0.1, -0.05) is 12.1 Å². The number of hydrogen-bond donors (Lipinski definition) is 1. The molecule has 3 rings (SSSR count). The van der Waals surface area contributed by atoms with Crippen LogP contribution in [-0.2, 0) is 16.6 Å². The van der Waals surface area contributed by atoms with Crippen molar-refractivity contribution in [2.75, 3.05) is 11.8 Å². The lowest BCUT2D eigenvalue weighted by molar-refractivity contribution is 0.414. The number of thiophene rings is 1. The van der Waals surface area contributed by atoms with Gasteiger partial charge in [0.25, 0.3) is 10.0 Å². The second-order valence-electron chi connectivity index (χ2n) is 4.94. The third kappa shape index (κ3) is 3.97. The van der Waals surface area contributed by atoms with E-state index >= 15 is 0 Å². The molecule has 2 heterocycles. The quantitative estimate of drug-likeness (QED) is 0.652. The highest BCUT2D eigenvalue weighted by molar-refractivity contribution is 9.11. The van der Waals surface area contributed by atoms with E-state index in [9.17, 15) is 8.42 Å². The van der Waals surface area contributed by atoms with E-state index in [0.29, 0.717) is 12.2 Å². The van der Waals surface area contributed by atoms with Crippen molar-refractivity contribution in [3.05, 3.63) is 58.1 Å². The highest BCUT2D eigenvalue weighted by atomic mass is 79.9. The molecule has 9 heteroatoms. The molecule has 3 aromatic rings. The second-order valence-corrected chi connectivity index (χ2v) is 9.31. The fourth-order valence-electron chi connectivity index (χ4n) is 2.11. The summed E-state index contributed by atoms with van der Waals surface area (Å²) in [7, 11) is -1.98. The molecule has 1 N–H and O–H groups in total.